The second-order valence-electron chi connectivity index (χ2n) is 2.39. The van der Waals surface area contributed by atoms with Crippen molar-refractivity contribution in [2.45, 2.75) is 18.8 Å². The van der Waals surface area contributed by atoms with Gasteiger partial charge in [-0.25, -0.2) is 9.97 Å². The number of aromatic nitrogens is 2. The van der Waals surface area contributed by atoms with Gasteiger partial charge in [0.05, 0.1) is 7.21 Å². The lowest BCUT2D eigenvalue weighted by molar-refractivity contribution is 0.921. The minimum Gasteiger partial charge on any atom is -0.240 e. The summed E-state index contributed by atoms with van der Waals surface area (Å²) in [4.78, 5) is 7.97. The highest BCUT2D eigenvalue weighted by Crippen LogP contribution is 2.37. The second kappa shape index (κ2) is 2.31. The van der Waals surface area contributed by atoms with Crippen molar-refractivity contribution in [1.82, 2.24) is 9.97 Å². The number of halogens is 1. The molecule has 0 aromatic carbocycles. The van der Waals surface area contributed by atoms with E-state index in [0.29, 0.717) is 16.2 Å². The van der Waals surface area contributed by atoms with E-state index in [1.54, 1.807) is 0 Å². The van der Waals surface area contributed by atoms with Crippen LogP contribution in [0.4, 0.5) is 0 Å². The topological polar surface area (TPSA) is 25.8 Å². The molecule has 1 aliphatic rings. The van der Waals surface area contributed by atoms with Crippen LogP contribution in [-0.4, -0.2) is 9.97 Å². The fourth-order valence-corrected chi connectivity index (χ4v) is 0.964. The van der Waals surface area contributed by atoms with E-state index in [-0.39, 0.29) is 12.3 Å². The van der Waals surface area contributed by atoms with E-state index in [1.165, 1.54) is 0 Å². The van der Waals surface area contributed by atoms with Crippen LogP contribution in [0, 0.1) is 0 Å². The van der Waals surface area contributed by atoms with Crippen molar-refractivity contribution < 1.29 is 2.74 Å². The molecule has 3 heteroatoms. The summed E-state index contributed by atoms with van der Waals surface area (Å²) in [6.45, 7) is 0. The molecule has 0 saturated heterocycles. The lowest BCUT2D eigenvalue weighted by atomic mass is 10.4. The molecule has 2 rings (SSSR count). The quantitative estimate of drug-likeness (QED) is 0.695. The summed E-state index contributed by atoms with van der Waals surface area (Å²) in [6.07, 6.45) is 2.44. The van der Waals surface area contributed by atoms with E-state index in [1.807, 2.05) is 0 Å². The Bertz CT molecular complexity index is 302. The fraction of sp³-hybridized carbons (Fsp3) is 0.429. The fourth-order valence-electron chi connectivity index (χ4n) is 0.787. The first-order valence-corrected chi connectivity index (χ1v) is 3.98. The van der Waals surface area contributed by atoms with Gasteiger partial charge in [-0.2, -0.15) is 0 Å². The molecule has 2 nitrogen and oxygen atoms in total. The predicted octanol–water partition coefficient (Wildman–Crippen LogP) is 2.12. The Kier molecular flexibility index (Phi) is 1.02. The zero-order chi connectivity index (χ0) is 8.72. The zero-order valence-electron chi connectivity index (χ0n) is 7.26. The number of rotatable bonds is 1. The van der Waals surface area contributed by atoms with E-state index in [2.05, 4.69) is 25.9 Å². The monoisotopic (exact) mass is 200 g/mol. The van der Waals surface area contributed by atoms with Crippen LogP contribution in [0.3, 0.4) is 0 Å². The van der Waals surface area contributed by atoms with Crippen molar-refractivity contribution in [1.29, 1.82) is 0 Å². The van der Waals surface area contributed by atoms with Crippen LogP contribution in [0.2, 0.25) is 0 Å². The smallest absolute Gasteiger partial charge is 0.131 e. The summed E-state index contributed by atoms with van der Waals surface area (Å²) in [7, 11) is 0. The maximum Gasteiger partial charge on any atom is 0.131 e. The molecule has 0 radical (unpaired) electrons. The summed E-state index contributed by atoms with van der Waals surface area (Å²) in [5.74, 6) is 1.07. The Labute approximate surface area is 70.6 Å². The third kappa shape index (κ3) is 1.19. The number of hydrogen-bond donors (Lipinski definition) is 0. The van der Waals surface area contributed by atoms with Crippen LogP contribution in [0.15, 0.2) is 16.8 Å². The molecule has 10 heavy (non-hydrogen) atoms. The van der Waals surface area contributed by atoms with E-state index in [9.17, 15) is 0 Å². The molecule has 52 valence electrons. The molecule has 1 aromatic rings. The van der Waals surface area contributed by atoms with Gasteiger partial charge in [-0.15, -0.1) is 0 Å². The standard InChI is InChI=1S/C7H7BrN2/c8-6-3-9-7(10-4-6)5-1-2-5/h3-5H,1-2H2/i3D,4D. The van der Waals surface area contributed by atoms with Crippen molar-refractivity contribution in [2.75, 3.05) is 0 Å². The SMILES string of the molecule is [2H]c1nc(C2CC2)nc([2H])c1Br. The molecule has 1 heterocycles. The molecule has 0 spiro atoms. The molecule has 1 aromatic heterocycles. The van der Waals surface area contributed by atoms with Crippen molar-refractivity contribution in [3.63, 3.8) is 0 Å². The van der Waals surface area contributed by atoms with E-state index >= 15 is 0 Å². The van der Waals surface area contributed by atoms with E-state index in [0.717, 1.165) is 12.8 Å². The van der Waals surface area contributed by atoms with Crippen LogP contribution in [0.1, 0.15) is 27.3 Å². The lowest BCUT2D eigenvalue weighted by Crippen LogP contribution is -1.89. The minimum atomic E-state index is 0.122. The third-order valence-corrected chi connectivity index (χ3v) is 1.83. The minimum absolute atomic E-state index is 0.122. The molecule has 0 bridgehead atoms. The summed E-state index contributed by atoms with van der Waals surface area (Å²) < 4.78 is 15.2. The lowest BCUT2D eigenvalue weighted by Gasteiger charge is -1.93. The second-order valence-corrected chi connectivity index (χ2v) is 3.19. The summed E-state index contributed by atoms with van der Waals surface area (Å²) in [6, 6.07) is 0. The third-order valence-electron chi connectivity index (χ3n) is 1.48. The largest absolute Gasteiger partial charge is 0.240 e. The van der Waals surface area contributed by atoms with Gasteiger partial charge in [0.2, 0.25) is 0 Å². The van der Waals surface area contributed by atoms with Crippen LogP contribution in [0.25, 0.3) is 0 Å². The van der Waals surface area contributed by atoms with Crippen LogP contribution < -0.4 is 0 Å². The Morgan fingerprint density at radius 1 is 1.50 bits per heavy atom. The van der Waals surface area contributed by atoms with E-state index in [4.69, 9.17) is 2.74 Å². The van der Waals surface area contributed by atoms with Gasteiger partial charge in [-0.3, -0.25) is 0 Å². The van der Waals surface area contributed by atoms with Crippen molar-refractivity contribution in [2.24, 2.45) is 0 Å². The van der Waals surface area contributed by atoms with Crippen molar-refractivity contribution >= 4 is 15.9 Å². The normalized spacial score (nSPS) is 20.1. The van der Waals surface area contributed by atoms with Crippen molar-refractivity contribution in [3.05, 3.63) is 22.6 Å². The molecule has 1 aliphatic carbocycles. The van der Waals surface area contributed by atoms with Crippen LogP contribution >= 0.6 is 15.9 Å². The highest BCUT2D eigenvalue weighted by molar-refractivity contribution is 9.10. The maximum atomic E-state index is 7.40. The average molecular weight is 201 g/mol. The summed E-state index contributed by atoms with van der Waals surface area (Å²) in [5, 5.41) is 0. The Morgan fingerprint density at radius 3 is 2.60 bits per heavy atom. The van der Waals surface area contributed by atoms with Gasteiger partial charge < -0.3 is 0 Å². The highest BCUT2D eigenvalue weighted by Gasteiger charge is 2.25. The van der Waals surface area contributed by atoms with Gasteiger partial charge in [0.25, 0.3) is 0 Å². The Balaban J connectivity index is 2.45. The predicted molar refractivity (Wildman–Crippen MR) is 41.7 cm³/mol. The molecule has 1 fully saturated rings. The van der Waals surface area contributed by atoms with Gasteiger partial charge >= 0.3 is 0 Å². The molecular weight excluding hydrogens is 192 g/mol. The highest BCUT2D eigenvalue weighted by atomic mass is 79.9. The number of nitrogens with zero attached hydrogens (tertiary/aromatic N) is 2. The van der Waals surface area contributed by atoms with Crippen LogP contribution in [0.5, 0.6) is 0 Å². The molecule has 0 unspecified atom stereocenters. The van der Waals surface area contributed by atoms with Gasteiger partial charge in [0.15, 0.2) is 0 Å². The average Bonchev–Trinajstić information content (AvgIpc) is 2.81. The van der Waals surface area contributed by atoms with Gasteiger partial charge in [-0.05, 0) is 28.8 Å². The summed E-state index contributed by atoms with van der Waals surface area (Å²) >= 11 is 3.08. The molecule has 0 amide bonds. The molecule has 0 atom stereocenters. The molecule has 0 aliphatic heterocycles. The van der Waals surface area contributed by atoms with Crippen molar-refractivity contribution in [3.8, 4) is 0 Å². The molecular formula is C7H7BrN2. The Hall–Kier alpha value is -0.440. The zero-order valence-corrected chi connectivity index (χ0v) is 6.85. The maximum absolute atomic E-state index is 7.40. The van der Waals surface area contributed by atoms with Crippen LogP contribution in [-0.2, 0) is 0 Å². The number of hydrogen-bond acceptors (Lipinski definition) is 2. The first-order chi connectivity index (χ1) is 5.68. The van der Waals surface area contributed by atoms with Gasteiger partial charge in [0, 0.05) is 18.3 Å². The Morgan fingerprint density at radius 2 is 2.10 bits per heavy atom. The van der Waals surface area contributed by atoms with E-state index < -0.39 is 0 Å². The molecule has 1 saturated carbocycles. The van der Waals surface area contributed by atoms with Gasteiger partial charge in [0.1, 0.15) is 5.82 Å². The molecule has 0 N–H and O–H groups in total. The van der Waals surface area contributed by atoms with Gasteiger partial charge in [-0.1, -0.05) is 0 Å². The summed E-state index contributed by atoms with van der Waals surface area (Å²) in [5.41, 5.74) is 0. The first-order valence-electron chi connectivity index (χ1n) is 4.19. The first kappa shape index (κ1) is 4.44.